The normalized spacial score (nSPS) is 13.4. The van der Waals surface area contributed by atoms with Crippen molar-refractivity contribution in [1.29, 1.82) is 0 Å². The minimum atomic E-state index is -0.995. The highest BCUT2D eigenvalue weighted by molar-refractivity contribution is 5.69. The lowest BCUT2D eigenvalue weighted by atomic mass is 10.0. The van der Waals surface area contributed by atoms with Crippen molar-refractivity contribution in [3.63, 3.8) is 0 Å². The predicted octanol–water partition coefficient (Wildman–Crippen LogP) is 12.2. The van der Waals surface area contributed by atoms with Crippen LogP contribution >= 0.6 is 0 Å². The van der Waals surface area contributed by atoms with E-state index in [1.807, 2.05) is 0 Å². The Morgan fingerprint density at radius 3 is 1.33 bits per heavy atom. The number of carbonyl (C=O) groups is 2. The van der Waals surface area contributed by atoms with Gasteiger partial charge >= 0.3 is 11.9 Å². The molecule has 0 rings (SSSR count). The Bertz CT molecular complexity index is 889. The van der Waals surface area contributed by atoms with E-state index in [9.17, 15) is 19.8 Å². The van der Waals surface area contributed by atoms with Crippen LogP contribution in [0.3, 0.4) is 0 Å². The molecule has 51 heavy (non-hydrogen) atoms. The number of hydrogen-bond donors (Lipinski definition) is 2. The Balaban J connectivity index is 3.52. The van der Waals surface area contributed by atoms with E-state index < -0.39 is 6.10 Å². The molecule has 0 amide bonds. The standard InChI is InChI=1S/C45H80O6/c1-4-34-42(46)36-31-27-23-19-15-11-9-13-17-21-25-29-33-38-45(49)51-40-43(47)39-50-44(48)37-32-28-24-20-16-12-8-6-5-7-10-14-18-22-26-30-35-41(2)3/h9,13,15,19,21,25,27,31,41-43,46-47H,4-8,10-12,14,16-18,20,22-24,26,28-30,32-40H2,1-3H3/b13-9-,19-15-,25-21-,31-27-/t42?,43-/m1/s1. The van der Waals surface area contributed by atoms with Crippen LogP contribution in [0.25, 0.3) is 0 Å². The van der Waals surface area contributed by atoms with Crippen molar-refractivity contribution in [3.05, 3.63) is 48.6 Å². The van der Waals surface area contributed by atoms with Crippen molar-refractivity contribution >= 4 is 11.9 Å². The van der Waals surface area contributed by atoms with Crippen LogP contribution in [0.2, 0.25) is 0 Å². The Morgan fingerprint density at radius 1 is 0.490 bits per heavy atom. The monoisotopic (exact) mass is 717 g/mol. The van der Waals surface area contributed by atoms with Gasteiger partial charge in [-0.15, -0.1) is 0 Å². The van der Waals surface area contributed by atoms with E-state index in [1.54, 1.807) is 0 Å². The summed E-state index contributed by atoms with van der Waals surface area (Å²) in [5.41, 5.74) is 0. The highest BCUT2D eigenvalue weighted by atomic mass is 16.6. The first-order valence-electron chi connectivity index (χ1n) is 21.1. The van der Waals surface area contributed by atoms with E-state index >= 15 is 0 Å². The van der Waals surface area contributed by atoms with Crippen molar-refractivity contribution in [2.45, 2.75) is 206 Å². The molecule has 6 heteroatoms. The third kappa shape index (κ3) is 40.4. The molecule has 0 saturated carbocycles. The molecule has 296 valence electrons. The Labute approximate surface area is 314 Å². The lowest BCUT2D eigenvalue weighted by Gasteiger charge is -2.12. The number of rotatable bonds is 37. The van der Waals surface area contributed by atoms with Crippen LogP contribution in [0.4, 0.5) is 0 Å². The van der Waals surface area contributed by atoms with E-state index in [4.69, 9.17) is 9.47 Å². The summed E-state index contributed by atoms with van der Waals surface area (Å²) in [5, 5.41) is 19.7. The fraction of sp³-hybridized carbons (Fsp3) is 0.778. The molecule has 0 radical (unpaired) electrons. The fourth-order valence-electron chi connectivity index (χ4n) is 5.87. The molecular weight excluding hydrogens is 636 g/mol. The molecule has 2 atom stereocenters. The molecule has 0 aromatic rings. The van der Waals surface area contributed by atoms with Gasteiger partial charge in [-0.3, -0.25) is 9.59 Å². The smallest absolute Gasteiger partial charge is 0.305 e. The molecule has 0 heterocycles. The summed E-state index contributed by atoms with van der Waals surface area (Å²) in [6, 6.07) is 0. The van der Waals surface area contributed by atoms with Crippen molar-refractivity contribution < 1.29 is 29.3 Å². The molecule has 0 fully saturated rings. The van der Waals surface area contributed by atoms with Gasteiger partial charge in [0.05, 0.1) is 6.10 Å². The molecular formula is C45H80O6. The van der Waals surface area contributed by atoms with Gasteiger partial charge in [0.15, 0.2) is 0 Å². The SMILES string of the molecule is CCCC(O)C/C=C\C/C=C\C/C=C\C/C=C\CCCC(=O)OC[C@H](O)COC(=O)CCCCCCCCCCCCCCCCCCC(C)C. The highest BCUT2D eigenvalue weighted by Crippen LogP contribution is 2.15. The lowest BCUT2D eigenvalue weighted by Crippen LogP contribution is -2.25. The molecule has 0 aliphatic heterocycles. The first-order chi connectivity index (χ1) is 24.8. The predicted molar refractivity (Wildman–Crippen MR) is 216 cm³/mol. The molecule has 0 spiro atoms. The summed E-state index contributed by atoms with van der Waals surface area (Å²) in [4.78, 5) is 24.0. The first kappa shape index (κ1) is 48.8. The maximum atomic E-state index is 12.0. The van der Waals surface area contributed by atoms with E-state index in [2.05, 4.69) is 69.4 Å². The van der Waals surface area contributed by atoms with E-state index in [-0.39, 0.29) is 31.3 Å². The summed E-state index contributed by atoms with van der Waals surface area (Å²) in [6.07, 6.45) is 45.2. The van der Waals surface area contributed by atoms with Gasteiger partial charge in [-0.2, -0.15) is 0 Å². The van der Waals surface area contributed by atoms with Crippen LogP contribution in [0.1, 0.15) is 194 Å². The number of carbonyl (C=O) groups excluding carboxylic acids is 2. The maximum Gasteiger partial charge on any atom is 0.305 e. The van der Waals surface area contributed by atoms with Crippen molar-refractivity contribution in [1.82, 2.24) is 0 Å². The number of esters is 2. The van der Waals surface area contributed by atoms with Crippen molar-refractivity contribution in [2.75, 3.05) is 13.2 Å². The Hall–Kier alpha value is -2.18. The van der Waals surface area contributed by atoms with Crippen LogP contribution in [0.15, 0.2) is 48.6 Å². The molecule has 0 aliphatic rings. The summed E-state index contributed by atoms with van der Waals surface area (Å²) >= 11 is 0. The third-order valence-corrected chi connectivity index (χ3v) is 9.05. The Morgan fingerprint density at radius 2 is 0.882 bits per heavy atom. The minimum Gasteiger partial charge on any atom is -0.463 e. The molecule has 0 aromatic heterocycles. The highest BCUT2D eigenvalue weighted by Gasteiger charge is 2.12. The van der Waals surface area contributed by atoms with E-state index in [0.29, 0.717) is 19.3 Å². The molecule has 0 aromatic carbocycles. The second kappa shape index (κ2) is 39.0. The largest absolute Gasteiger partial charge is 0.463 e. The third-order valence-electron chi connectivity index (χ3n) is 9.05. The first-order valence-corrected chi connectivity index (χ1v) is 21.1. The van der Waals surface area contributed by atoms with E-state index in [0.717, 1.165) is 70.1 Å². The molecule has 0 bridgehead atoms. The molecule has 0 saturated heterocycles. The zero-order valence-electron chi connectivity index (χ0n) is 33.4. The number of aliphatic hydroxyl groups is 2. The van der Waals surface area contributed by atoms with Gasteiger partial charge in [-0.1, -0.05) is 179 Å². The second-order valence-electron chi connectivity index (χ2n) is 14.8. The summed E-state index contributed by atoms with van der Waals surface area (Å²) in [7, 11) is 0. The minimum absolute atomic E-state index is 0.141. The average molecular weight is 717 g/mol. The van der Waals surface area contributed by atoms with Gasteiger partial charge in [0.1, 0.15) is 19.3 Å². The van der Waals surface area contributed by atoms with Gasteiger partial charge in [0.25, 0.3) is 0 Å². The van der Waals surface area contributed by atoms with Crippen LogP contribution in [0, 0.1) is 5.92 Å². The number of hydrogen-bond acceptors (Lipinski definition) is 6. The van der Waals surface area contributed by atoms with Gasteiger partial charge in [0.2, 0.25) is 0 Å². The number of allylic oxidation sites excluding steroid dienone is 7. The lowest BCUT2D eigenvalue weighted by molar-refractivity contribution is -0.152. The summed E-state index contributed by atoms with van der Waals surface area (Å²) < 4.78 is 10.3. The van der Waals surface area contributed by atoms with Crippen molar-refractivity contribution in [2.24, 2.45) is 5.92 Å². The van der Waals surface area contributed by atoms with Crippen LogP contribution in [-0.2, 0) is 19.1 Å². The van der Waals surface area contributed by atoms with Crippen LogP contribution in [-0.4, -0.2) is 47.6 Å². The van der Waals surface area contributed by atoms with Gasteiger partial charge in [0, 0.05) is 12.8 Å². The number of aliphatic hydroxyl groups excluding tert-OH is 2. The second-order valence-corrected chi connectivity index (χ2v) is 14.8. The molecule has 6 nitrogen and oxygen atoms in total. The zero-order chi connectivity index (χ0) is 37.5. The topological polar surface area (TPSA) is 93.1 Å². The summed E-state index contributed by atoms with van der Waals surface area (Å²) in [6.45, 7) is 6.42. The number of unbranched alkanes of at least 4 members (excludes halogenated alkanes) is 16. The zero-order valence-corrected chi connectivity index (χ0v) is 33.4. The molecule has 2 N–H and O–H groups in total. The molecule has 1 unspecified atom stereocenters. The molecule has 0 aliphatic carbocycles. The maximum absolute atomic E-state index is 12.0. The van der Waals surface area contributed by atoms with Crippen LogP contribution < -0.4 is 0 Å². The summed E-state index contributed by atoms with van der Waals surface area (Å²) in [5.74, 6) is 0.209. The number of ether oxygens (including phenoxy) is 2. The van der Waals surface area contributed by atoms with Gasteiger partial charge in [-0.25, -0.2) is 0 Å². The van der Waals surface area contributed by atoms with Crippen LogP contribution in [0.5, 0.6) is 0 Å². The quantitative estimate of drug-likeness (QED) is 0.0378. The average Bonchev–Trinajstić information content (AvgIpc) is 3.10. The Kier molecular flexibility index (Phi) is 37.4. The van der Waals surface area contributed by atoms with Gasteiger partial charge < -0.3 is 19.7 Å². The van der Waals surface area contributed by atoms with Crippen molar-refractivity contribution in [3.8, 4) is 0 Å². The van der Waals surface area contributed by atoms with Gasteiger partial charge in [-0.05, 0) is 57.3 Å². The fourth-order valence-corrected chi connectivity index (χ4v) is 5.87. The van der Waals surface area contributed by atoms with E-state index in [1.165, 1.54) is 89.9 Å².